The molecule has 0 atom stereocenters. The maximum atomic E-state index is 11.3. The number of nitrogens with two attached hydrogens (primary N) is 1. The van der Waals surface area contributed by atoms with Crippen LogP contribution in [0.2, 0.25) is 0 Å². The summed E-state index contributed by atoms with van der Waals surface area (Å²) in [5, 5.41) is 5.11. The van der Waals surface area contributed by atoms with Crippen LogP contribution in [-0.2, 0) is 19.4 Å². The number of primary sulfonamides is 1. The topological polar surface area (TPSA) is 141 Å². The van der Waals surface area contributed by atoms with Crippen molar-refractivity contribution in [1.29, 1.82) is 0 Å². The van der Waals surface area contributed by atoms with Gasteiger partial charge in [-0.15, -0.1) is 0 Å². The van der Waals surface area contributed by atoms with E-state index in [0.717, 1.165) is 16.8 Å². The summed E-state index contributed by atoms with van der Waals surface area (Å²) in [6.45, 7) is 1.77. The predicted octanol–water partition coefficient (Wildman–Crippen LogP) is 2.99. The number of benzene rings is 2. The molecule has 0 aliphatic heterocycles. The van der Waals surface area contributed by atoms with E-state index in [9.17, 15) is 8.42 Å². The molecule has 3 aromatic rings. The molecule has 0 saturated carbocycles. The van der Waals surface area contributed by atoms with Crippen LogP contribution in [0.4, 0.5) is 0 Å². The Morgan fingerprint density at radius 3 is 1.96 bits per heavy atom. The zero-order valence-electron chi connectivity index (χ0n) is 13.9. The van der Waals surface area contributed by atoms with Gasteiger partial charge in [-0.2, -0.15) is 8.42 Å². The van der Waals surface area contributed by atoms with Gasteiger partial charge >= 0.3 is 9.33 Å². The van der Waals surface area contributed by atoms with Gasteiger partial charge in [0.2, 0.25) is 10.0 Å². The van der Waals surface area contributed by atoms with Crippen molar-refractivity contribution in [3.8, 4) is 22.6 Å². The first kappa shape index (κ1) is 21.1. The lowest BCUT2D eigenvalue weighted by Crippen LogP contribution is -2.11. The van der Waals surface area contributed by atoms with Crippen LogP contribution < -0.4 is 5.14 Å². The third kappa shape index (κ3) is 6.45. The maximum absolute atomic E-state index is 11.3. The highest BCUT2D eigenvalue weighted by Gasteiger charge is 2.16. The number of hydrogen-bond acceptors (Lipinski definition) is 6. The molecule has 0 fully saturated rings. The number of nitrogens with zero attached hydrogens (tertiary/aromatic N) is 1. The summed E-state index contributed by atoms with van der Waals surface area (Å²) in [6, 6.07) is 15.9. The minimum Gasteiger partial charge on any atom is -0.440 e. The molecule has 3 rings (SSSR count). The van der Waals surface area contributed by atoms with Crippen molar-refractivity contribution in [2.45, 2.75) is 11.8 Å². The quantitative estimate of drug-likeness (QED) is 0.480. The van der Waals surface area contributed by atoms with Gasteiger partial charge in [0, 0.05) is 28.7 Å². The zero-order chi connectivity index (χ0) is 20.2. The average Bonchev–Trinajstić information content (AvgIpc) is 2.95. The minimum absolute atomic E-state index is 0.0637. The van der Waals surface area contributed by atoms with Crippen molar-refractivity contribution >= 4 is 30.0 Å². The Labute approximate surface area is 160 Å². The predicted molar refractivity (Wildman–Crippen MR) is 101 cm³/mol. The van der Waals surface area contributed by atoms with Gasteiger partial charge < -0.3 is 4.42 Å². The molecule has 0 radical (unpaired) electrons. The summed E-state index contributed by atoms with van der Waals surface area (Å²) < 4.78 is 53.5. The van der Waals surface area contributed by atoms with Crippen molar-refractivity contribution in [2.24, 2.45) is 5.14 Å². The summed E-state index contributed by atoms with van der Waals surface area (Å²) in [5.74, 6) is 1.15. The van der Waals surface area contributed by atoms with E-state index in [-0.39, 0.29) is 4.90 Å². The highest BCUT2D eigenvalue weighted by Crippen LogP contribution is 2.32. The number of aromatic nitrogens is 1. The van der Waals surface area contributed by atoms with Crippen LogP contribution in [0, 0.1) is 6.92 Å². The minimum atomic E-state index is -4.19. The molecule has 144 valence electrons. The van der Waals surface area contributed by atoms with Crippen molar-refractivity contribution in [3.05, 3.63) is 60.5 Å². The molecule has 0 bridgehead atoms. The fourth-order valence-electron chi connectivity index (χ4n) is 2.21. The molecular weight excluding hydrogens is 416 g/mol. The maximum Gasteiger partial charge on any atom is 0.353 e. The summed E-state index contributed by atoms with van der Waals surface area (Å²) in [6.07, 6.45) is 0. The Bertz CT molecular complexity index is 1120. The molecule has 3 N–H and O–H groups in total. The standard InChI is InChI=1S/C16H14N2O3S.ClHO3S/c1-11-18-15(12-5-3-2-4-6-12)16(21-11)13-7-9-14(10-8-13)22(17,19)20;1-5(2,3)4/h2-10H,1H3,(H2,17,19,20);(H,2,3,4). The second-order valence-corrected chi connectivity index (χ2v) is 8.81. The number of halogens is 1. The molecule has 27 heavy (non-hydrogen) atoms. The van der Waals surface area contributed by atoms with E-state index >= 15 is 0 Å². The lowest BCUT2D eigenvalue weighted by Gasteiger charge is -2.03. The summed E-state index contributed by atoms with van der Waals surface area (Å²) in [4.78, 5) is 4.48. The number of hydrogen-bond donors (Lipinski definition) is 2. The molecule has 0 unspecified atom stereocenters. The Morgan fingerprint density at radius 2 is 1.48 bits per heavy atom. The first-order chi connectivity index (χ1) is 12.4. The second kappa shape index (κ2) is 8.19. The highest BCUT2D eigenvalue weighted by atomic mass is 35.7. The van der Waals surface area contributed by atoms with Gasteiger partial charge in [0.15, 0.2) is 11.7 Å². The van der Waals surface area contributed by atoms with Crippen molar-refractivity contribution in [3.63, 3.8) is 0 Å². The van der Waals surface area contributed by atoms with Gasteiger partial charge in [0.05, 0.1) is 4.90 Å². The molecule has 2 aromatic carbocycles. The number of sulfonamides is 1. The van der Waals surface area contributed by atoms with E-state index in [2.05, 4.69) is 15.7 Å². The van der Waals surface area contributed by atoms with Crippen LogP contribution in [0.5, 0.6) is 0 Å². The van der Waals surface area contributed by atoms with E-state index < -0.39 is 19.4 Å². The Kier molecular flexibility index (Phi) is 6.39. The first-order valence-electron chi connectivity index (χ1n) is 7.28. The van der Waals surface area contributed by atoms with Gasteiger partial charge in [-0.05, 0) is 24.3 Å². The largest absolute Gasteiger partial charge is 0.440 e. The van der Waals surface area contributed by atoms with E-state index in [1.54, 1.807) is 19.1 Å². The van der Waals surface area contributed by atoms with Gasteiger partial charge in [0.25, 0.3) is 0 Å². The van der Waals surface area contributed by atoms with Crippen LogP contribution in [0.1, 0.15) is 5.89 Å². The van der Waals surface area contributed by atoms with E-state index in [1.165, 1.54) is 12.1 Å². The lowest BCUT2D eigenvalue weighted by atomic mass is 10.1. The van der Waals surface area contributed by atoms with Crippen molar-refractivity contribution in [1.82, 2.24) is 4.98 Å². The van der Waals surface area contributed by atoms with E-state index in [0.29, 0.717) is 11.7 Å². The molecule has 1 aromatic heterocycles. The van der Waals surface area contributed by atoms with Crippen LogP contribution in [0.3, 0.4) is 0 Å². The fourth-order valence-corrected chi connectivity index (χ4v) is 2.73. The van der Waals surface area contributed by atoms with E-state index in [1.807, 2.05) is 30.3 Å². The number of oxazole rings is 1. The van der Waals surface area contributed by atoms with Gasteiger partial charge in [0.1, 0.15) is 5.69 Å². The second-order valence-electron chi connectivity index (χ2n) is 5.26. The average molecular weight is 431 g/mol. The van der Waals surface area contributed by atoms with Crippen molar-refractivity contribution < 1.29 is 25.8 Å². The molecule has 0 aliphatic rings. The van der Waals surface area contributed by atoms with Crippen LogP contribution in [-0.4, -0.2) is 26.4 Å². The normalized spacial score (nSPS) is 11.6. The molecule has 1 heterocycles. The molecule has 0 aliphatic carbocycles. The Balaban J connectivity index is 0.000000465. The van der Waals surface area contributed by atoms with Crippen molar-refractivity contribution in [2.75, 3.05) is 0 Å². The number of rotatable bonds is 3. The van der Waals surface area contributed by atoms with Crippen LogP contribution in [0.25, 0.3) is 22.6 Å². The van der Waals surface area contributed by atoms with Gasteiger partial charge in [-0.1, -0.05) is 30.3 Å². The first-order valence-corrected chi connectivity index (χ1v) is 11.1. The fraction of sp³-hybridized carbons (Fsp3) is 0.0625. The molecule has 0 amide bonds. The SMILES string of the molecule is Cc1nc(-c2ccccc2)c(-c2ccc(S(N)(=O)=O)cc2)o1.O=S(=O)(O)Cl. The molecule has 0 saturated heterocycles. The molecule has 8 nitrogen and oxygen atoms in total. The zero-order valence-corrected chi connectivity index (χ0v) is 16.3. The smallest absolute Gasteiger partial charge is 0.353 e. The lowest BCUT2D eigenvalue weighted by molar-refractivity contribution is 0.501. The number of aryl methyl sites for hydroxylation is 1. The van der Waals surface area contributed by atoms with E-state index in [4.69, 9.17) is 22.5 Å². The highest BCUT2D eigenvalue weighted by molar-refractivity contribution is 8.09. The molecule has 11 heteroatoms. The Hall–Kier alpha value is -2.24. The van der Waals surface area contributed by atoms with Gasteiger partial charge in [-0.3, -0.25) is 4.55 Å². The van der Waals surface area contributed by atoms with Gasteiger partial charge in [-0.25, -0.2) is 18.5 Å². The summed E-state index contributed by atoms with van der Waals surface area (Å²) in [5.41, 5.74) is 2.40. The molecule has 0 spiro atoms. The Morgan fingerprint density at radius 1 is 0.963 bits per heavy atom. The van der Waals surface area contributed by atoms with Crippen LogP contribution in [0.15, 0.2) is 63.9 Å². The third-order valence-electron chi connectivity index (χ3n) is 3.23. The molecular formula is C16H15ClN2O6S2. The monoisotopic (exact) mass is 430 g/mol. The summed E-state index contributed by atoms with van der Waals surface area (Å²) >= 11 is 0. The summed E-state index contributed by atoms with van der Waals surface area (Å²) in [7, 11) is -3.84. The van der Waals surface area contributed by atoms with Crippen LogP contribution >= 0.6 is 10.7 Å². The third-order valence-corrected chi connectivity index (χ3v) is 4.16.